The lowest BCUT2D eigenvalue weighted by Gasteiger charge is -1.95. The summed E-state index contributed by atoms with van der Waals surface area (Å²) in [6.45, 7) is 6.95. The maximum Gasteiger partial charge on any atom is 0.240 e. The van der Waals surface area contributed by atoms with E-state index < -0.39 is 0 Å². The number of nitrogens with zero attached hydrogens (tertiary/aromatic N) is 2. The van der Waals surface area contributed by atoms with Crippen molar-refractivity contribution in [1.82, 2.24) is 15.5 Å². The quantitative estimate of drug-likeness (QED) is 0.631. The van der Waals surface area contributed by atoms with Gasteiger partial charge >= 0.3 is 0 Å². The van der Waals surface area contributed by atoms with Gasteiger partial charge in [-0.2, -0.15) is 4.98 Å². The van der Waals surface area contributed by atoms with E-state index in [9.17, 15) is 0 Å². The molecule has 0 unspecified atom stereocenters. The third kappa shape index (κ3) is 3.01. The van der Waals surface area contributed by atoms with Crippen molar-refractivity contribution in [2.24, 2.45) is 0 Å². The molecular weight excluding hydrogens is 214 g/mol. The fraction of sp³-hybridized carbons (Fsp3) is 0.231. The fourth-order valence-corrected chi connectivity index (χ4v) is 1.43. The van der Waals surface area contributed by atoms with Gasteiger partial charge in [-0.3, -0.25) is 0 Å². The van der Waals surface area contributed by atoms with Gasteiger partial charge in [0.2, 0.25) is 11.7 Å². The van der Waals surface area contributed by atoms with E-state index in [0.717, 1.165) is 12.1 Å². The summed E-state index contributed by atoms with van der Waals surface area (Å²) >= 11 is 0. The SMILES string of the molecule is C=CCNCc1nc(-c2ccc(C)cc2)no1. The number of hydrogen-bond donors (Lipinski definition) is 1. The molecule has 0 saturated heterocycles. The van der Waals surface area contributed by atoms with Gasteiger partial charge in [-0.1, -0.05) is 41.1 Å². The second-order valence-electron chi connectivity index (χ2n) is 3.80. The molecule has 0 saturated carbocycles. The maximum atomic E-state index is 5.14. The van der Waals surface area contributed by atoms with Gasteiger partial charge in [0.1, 0.15) is 0 Å². The van der Waals surface area contributed by atoms with Crippen molar-refractivity contribution in [2.75, 3.05) is 6.54 Å². The van der Waals surface area contributed by atoms with E-state index in [4.69, 9.17) is 4.52 Å². The zero-order valence-corrected chi connectivity index (χ0v) is 9.81. The highest BCUT2D eigenvalue weighted by Gasteiger charge is 2.07. The molecule has 0 aliphatic heterocycles. The van der Waals surface area contributed by atoms with Crippen LogP contribution in [-0.2, 0) is 6.54 Å². The van der Waals surface area contributed by atoms with Gasteiger partial charge in [0.05, 0.1) is 6.54 Å². The monoisotopic (exact) mass is 229 g/mol. The van der Waals surface area contributed by atoms with E-state index in [1.165, 1.54) is 5.56 Å². The first-order valence-electron chi connectivity index (χ1n) is 5.51. The number of nitrogens with one attached hydrogen (secondary N) is 1. The van der Waals surface area contributed by atoms with Crippen LogP contribution in [0.25, 0.3) is 11.4 Å². The van der Waals surface area contributed by atoms with Crippen LogP contribution in [0.3, 0.4) is 0 Å². The van der Waals surface area contributed by atoms with Crippen LogP contribution in [0.2, 0.25) is 0 Å². The summed E-state index contributed by atoms with van der Waals surface area (Å²) < 4.78 is 5.14. The highest BCUT2D eigenvalue weighted by atomic mass is 16.5. The Balaban J connectivity index is 2.07. The molecule has 17 heavy (non-hydrogen) atoms. The van der Waals surface area contributed by atoms with Crippen molar-refractivity contribution in [3.05, 3.63) is 48.4 Å². The lowest BCUT2D eigenvalue weighted by molar-refractivity contribution is 0.370. The van der Waals surface area contributed by atoms with Crippen LogP contribution in [0.1, 0.15) is 11.5 Å². The number of aromatic nitrogens is 2. The summed E-state index contributed by atoms with van der Waals surface area (Å²) in [4.78, 5) is 4.31. The Hall–Kier alpha value is -1.94. The number of aryl methyl sites for hydroxylation is 1. The van der Waals surface area contributed by atoms with Gasteiger partial charge in [0, 0.05) is 12.1 Å². The van der Waals surface area contributed by atoms with Crippen LogP contribution in [0.15, 0.2) is 41.4 Å². The van der Waals surface area contributed by atoms with Gasteiger partial charge in [0.15, 0.2) is 0 Å². The standard InChI is InChI=1S/C13H15N3O/c1-3-8-14-9-12-15-13(16-17-12)11-6-4-10(2)5-7-11/h3-7,14H,1,8-9H2,2H3. The van der Waals surface area contributed by atoms with Gasteiger partial charge < -0.3 is 9.84 Å². The molecule has 0 atom stereocenters. The van der Waals surface area contributed by atoms with E-state index in [1.54, 1.807) is 6.08 Å². The molecule has 4 nitrogen and oxygen atoms in total. The molecule has 1 heterocycles. The van der Waals surface area contributed by atoms with E-state index in [-0.39, 0.29) is 0 Å². The topological polar surface area (TPSA) is 51.0 Å². The lowest BCUT2D eigenvalue weighted by atomic mass is 10.1. The summed E-state index contributed by atoms with van der Waals surface area (Å²) in [7, 11) is 0. The van der Waals surface area contributed by atoms with E-state index in [1.807, 2.05) is 31.2 Å². The summed E-state index contributed by atoms with van der Waals surface area (Å²) in [5, 5.41) is 7.05. The predicted molar refractivity (Wildman–Crippen MR) is 66.4 cm³/mol. The average molecular weight is 229 g/mol. The Morgan fingerprint density at radius 3 is 2.82 bits per heavy atom. The minimum atomic E-state index is 0.560. The molecule has 4 heteroatoms. The van der Waals surface area contributed by atoms with Crippen LogP contribution in [0.5, 0.6) is 0 Å². The molecule has 0 fully saturated rings. The molecule has 1 aromatic heterocycles. The summed E-state index contributed by atoms with van der Waals surface area (Å²) in [5.41, 5.74) is 2.18. The van der Waals surface area contributed by atoms with Crippen molar-refractivity contribution in [1.29, 1.82) is 0 Å². The molecule has 1 N–H and O–H groups in total. The minimum absolute atomic E-state index is 0.560. The van der Waals surface area contributed by atoms with E-state index in [2.05, 4.69) is 22.0 Å². The molecule has 1 aromatic carbocycles. The van der Waals surface area contributed by atoms with Crippen LogP contribution < -0.4 is 5.32 Å². The van der Waals surface area contributed by atoms with Crippen molar-refractivity contribution in [3.63, 3.8) is 0 Å². The van der Waals surface area contributed by atoms with Crippen molar-refractivity contribution in [2.45, 2.75) is 13.5 Å². The van der Waals surface area contributed by atoms with E-state index >= 15 is 0 Å². The second kappa shape index (κ2) is 5.41. The highest BCUT2D eigenvalue weighted by molar-refractivity contribution is 5.54. The first kappa shape index (κ1) is 11.5. The summed E-state index contributed by atoms with van der Waals surface area (Å²) in [5.74, 6) is 1.21. The van der Waals surface area contributed by atoms with Crippen molar-refractivity contribution < 1.29 is 4.52 Å². The van der Waals surface area contributed by atoms with Gasteiger partial charge in [-0.15, -0.1) is 6.58 Å². The Morgan fingerprint density at radius 2 is 2.12 bits per heavy atom. The summed E-state index contributed by atoms with van der Waals surface area (Å²) in [6, 6.07) is 8.03. The average Bonchev–Trinajstić information content (AvgIpc) is 2.79. The van der Waals surface area contributed by atoms with Crippen LogP contribution >= 0.6 is 0 Å². The Kier molecular flexibility index (Phi) is 3.67. The van der Waals surface area contributed by atoms with Crippen molar-refractivity contribution >= 4 is 0 Å². The number of hydrogen-bond acceptors (Lipinski definition) is 4. The first-order valence-corrected chi connectivity index (χ1v) is 5.51. The Morgan fingerprint density at radius 1 is 1.35 bits per heavy atom. The maximum absolute atomic E-state index is 5.14. The van der Waals surface area contributed by atoms with Gasteiger partial charge in [0.25, 0.3) is 0 Å². The van der Waals surface area contributed by atoms with Crippen LogP contribution in [-0.4, -0.2) is 16.7 Å². The van der Waals surface area contributed by atoms with Crippen LogP contribution in [0.4, 0.5) is 0 Å². The molecule has 0 aliphatic carbocycles. The molecule has 0 spiro atoms. The predicted octanol–water partition coefficient (Wildman–Crippen LogP) is 2.32. The van der Waals surface area contributed by atoms with Crippen molar-refractivity contribution in [3.8, 4) is 11.4 Å². The third-order valence-corrected chi connectivity index (χ3v) is 2.34. The Labute approximate surface area is 100 Å². The molecule has 0 aliphatic rings. The number of benzene rings is 1. The van der Waals surface area contributed by atoms with E-state index in [0.29, 0.717) is 18.3 Å². The normalized spacial score (nSPS) is 10.4. The molecule has 0 amide bonds. The third-order valence-electron chi connectivity index (χ3n) is 2.34. The molecular formula is C13H15N3O. The van der Waals surface area contributed by atoms with Gasteiger partial charge in [-0.25, -0.2) is 0 Å². The smallest absolute Gasteiger partial charge is 0.240 e. The van der Waals surface area contributed by atoms with Gasteiger partial charge in [-0.05, 0) is 6.92 Å². The van der Waals surface area contributed by atoms with Crippen LogP contribution in [0, 0.1) is 6.92 Å². The molecule has 2 aromatic rings. The molecule has 0 bridgehead atoms. The fourth-order valence-electron chi connectivity index (χ4n) is 1.43. The molecule has 88 valence electrons. The zero-order valence-electron chi connectivity index (χ0n) is 9.81. The Bertz CT molecular complexity index is 488. The number of rotatable bonds is 5. The first-order chi connectivity index (χ1) is 8.29. The molecule has 2 rings (SSSR count). The lowest BCUT2D eigenvalue weighted by Crippen LogP contribution is -2.12. The minimum Gasteiger partial charge on any atom is -0.338 e. The summed E-state index contributed by atoms with van der Waals surface area (Å²) in [6.07, 6.45) is 1.79. The highest BCUT2D eigenvalue weighted by Crippen LogP contribution is 2.15. The molecule has 0 radical (unpaired) electrons. The largest absolute Gasteiger partial charge is 0.338 e. The zero-order chi connectivity index (χ0) is 12.1. The second-order valence-corrected chi connectivity index (χ2v) is 3.80.